The fraction of sp³-hybridized carbons (Fsp3) is 0.259. The molecule has 2 amide bonds. The second-order valence-electron chi connectivity index (χ2n) is 9.31. The fourth-order valence-electron chi connectivity index (χ4n) is 4.43. The average molecular weight is 570 g/mol. The second kappa shape index (κ2) is 12.3. The van der Waals surface area contributed by atoms with Crippen molar-refractivity contribution in [1.29, 1.82) is 0 Å². The minimum Gasteiger partial charge on any atom is -0.388 e. The van der Waals surface area contributed by atoms with Gasteiger partial charge in [0, 0.05) is 34.8 Å². The molecule has 3 aromatic rings. The summed E-state index contributed by atoms with van der Waals surface area (Å²) in [5.41, 5.74) is 7.76. The molecule has 6 N–H and O–H groups in total. The summed E-state index contributed by atoms with van der Waals surface area (Å²) in [7, 11) is 0. The van der Waals surface area contributed by atoms with Crippen LogP contribution in [0.1, 0.15) is 37.8 Å². The van der Waals surface area contributed by atoms with E-state index in [1.807, 2.05) is 25.1 Å². The lowest BCUT2D eigenvalue weighted by molar-refractivity contribution is -0.124. The van der Waals surface area contributed by atoms with Crippen LogP contribution in [0.15, 0.2) is 71.0 Å². The molecule has 10 nitrogen and oxygen atoms in total. The van der Waals surface area contributed by atoms with E-state index in [4.69, 9.17) is 34.8 Å². The minimum absolute atomic E-state index is 0.0373. The number of halogens is 2. The van der Waals surface area contributed by atoms with Crippen LogP contribution in [-0.2, 0) is 16.1 Å². The van der Waals surface area contributed by atoms with Crippen LogP contribution in [0.3, 0.4) is 0 Å². The number of carbonyl (C=O) groups is 2. The lowest BCUT2D eigenvalue weighted by Crippen LogP contribution is -2.37. The molecule has 2 aromatic carbocycles. The molecule has 2 unspecified atom stereocenters. The maximum atomic E-state index is 13.3. The summed E-state index contributed by atoms with van der Waals surface area (Å²) in [4.78, 5) is 43.8. The SMILES string of the molecule is CC1CCCC(n2cnc(-c3cc(Cl)ccc3N(N)/C=C(\N)Cl)cc2=O)C(=O)NCc2ccccc2NC1=O. The van der Waals surface area contributed by atoms with Crippen molar-refractivity contribution in [2.45, 2.75) is 38.8 Å². The van der Waals surface area contributed by atoms with Crippen LogP contribution in [0, 0.1) is 5.92 Å². The van der Waals surface area contributed by atoms with Crippen LogP contribution in [0.5, 0.6) is 0 Å². The number of hydrogen-bond acceptors (Lipinski definition) is 7. The molecule has 204 valence electrons. The summed E-state index contributed by atoms with van der Waals surface area (Å²) in [6, 6.07) is 12.7. The van der Waals surface area contributed by atoms with Gasteiger partial charge in [-0.05, 0) is 42.7 Å². The molecular weight excluding hydrogens is 541 g/mol. The van der Waals surface area contributed by atoms with Gasteiger partial charge in [0.2, 0.25) is 11.8 Å². The van der Waals surface area contributed by atoms with Gasteiger partial charge in [0.05, 0.1) is 23.9 Å². The van der Waals surface area contributed by atoms with E-state index in [0.717, 1.165) is 5.56 Å². The van der Waals surface area contributed by atoms with E-state index in [2.05, 4.69) is 15.6 Å². The number of aromatic nitrogens is 2. The van der Waals surface area contributed by atoms with Gasteiger partial charge in [0.1, 0.15) is 11.2 Å². The number of rotatable bonds is 4. The predicted octanol–water partition coefficient (Wildman–Crippen LogP) is 3.86. The average Bonchev–Trinajstić information content (AvgIpc) is 2.89. The smallest absolute Gasteiger partial charge is 0.254 e. The normalized spacial score (nSPS) is 18.7. The third kappa shape index (κ3) is 6.78. The first-order valence-electron chi connectivity index (χ1n) is 12.4. The van der Waals surface area contributed by atoms with Gasteiger partial charge in [-0.25, -0.2) is 10.8 Å². The minimum atomic E-state index is -0.815. The molecule has 0 aliphatic carbocycles. The van der Waals surface area contributed by atoms with Crippen LogP contribution in [0.25, 0.3) is 11.3 Å². The van der Waals surface area contributed by atoms with Crippen molar-refractivity contribution >= 4 is 46.4 Å². The Morgan fingerprint density at radius 1 is 1.13 bits per heavy atom. The second-order valence-corrected chi connectivity index (χ2v) is 10.2. The molecule has 1 aromatic heterocycles. The molecule has 0 saturated heterocycles. The van der Waals surface area contributed by atoms with E-state index >= 15 is 0 Å². The van der Waals surface area contributed by atoms with Crippen molar-refractivity contribution in [3.8, 4) is 11.3 Å². The van der Waals surface area contributed by atoms with Crippen molar-refractivity contribution in [1.82, 2.24) is 14.9 Å². The predicted molar refractivity (Wildman–Crippen MR) is 153 cm³/mol. The Bertz CT molecular complexity index is 1470. The fourth-order valence-corrected chi connectivity index (χ4v) is 4.71. The molecular formula is C27H29Cl2N7O3. The Labute approximate surface area is 235 Å². The van der Waals surface area contributed by atoms with E-state index in [1.165, 1.54) is 28.2 Å². The maximum Gasteiger partial charge on any atom is 0.254 e. The molecule has 0 saturated carbocycles. The summed E-state index contributed by atoms with van der Waals surface area (Å²) in [5, 5.41) is 7.43. The Balaban J connectivity index is 1.68. The summed E-state index contributed by atoms with van der Waals surface area (Å²) in [6.45, 7) is 2.04. The van der Waals surface area contributed by atoms with Crippen molar-refractivity contribution in [2.24, 2.45) is 17.5 Å². The molecule has 12 heteroatoms. The number of nitrogens with one attached hydrogen (secondary N) is 2. The lowest BCUT2D eigenvalue weighted by atomic mass is 9.99. The maximum absolute atomic E-state index is 13.3. The topological polar surface area (TPSA) is 148 Å². The summed E-state index contributed by atoms with van der Waals surface area (Å²) >= 11 is 12.0. The largest absolute Gasteiger partial charge is 0.388 e. The van der Waals surface area contributed by atoms with Crippen molar-refractivity contribution < 1.29 is 9.59 Å². The van der Waals surface area contributed by atoms with Gasteiger partial charge in [-0.15, -0.1) is 0 Å². The standard InChI is InChI=1S/C27H29Cl2N7O3/c1-16-5-4-8-23(27(39)32-13-17-6-2-3-7-20(17)34-26(16)38)35-15-33-21(12-25(35)37)19-11-18(28)9-10-22(19)36(31)14-24(29)30/h2-3,6-7,9-12,14-16,23H,4-5,8,13,30-31H2,1H3,(H,32,39)(H,34,38)/b24-14-. The molecule has 4 rings (SSSR count). The Morgan fingerprint density at radius 3 is 2.64 bits per heavy atom. The van der Waals surface area contributed by atoms with Crippen LogP contribution in [0.4, 0.5) is 11.4 Å². The Kier molecular flexibility index (Phi) is 8.90. The highest BCUT2D eigenvalue weighted by Crippen LogP contribution is 2.31. The van der Waals surface area contributed by atoms with Crippen LogP contribution >= 0.6 is 23.2 Å². The number of anilines is 2. The number of carbonyl (C=O) groups excluding carboxylic acids is 2. The summed E-state index contributed by atoms with van der Waals surface area (Å²) in [6.07, 6.45) is 4.10. The van der Waals surface area contributed by atoms with Gasteiger partial charge < -0.3 is 16.4 Å². The number of hydrogen-bond donors (Lipinski definition) is 4. The number of nitrogens with two attached hydrogens (primary N) is 2. The number of fused-ring (bicyclic) bond motifs is 1. The zero-order chi connectivity index (χ0) is 28.1. The van der Waals surface area contributed by atoms with Crippen LogP contribution in [0.2, 0.25) is 5.02 Å². The van der Waals surface area contributed by atoms with Gasteiger partial charge in [-0.1, -0.05) is 54.7 Å². The Morgan fingerprint density at radius 2 is 1.90 bits per heavy atom. The van der Waals surface area contributed by atoms with E-state index in [9.17, 15) is 14.4 Å². The van der Waals surface area contributed by atoms with E-state index in [0.29, 0.717) is 46.9 Å². The number of nitrogens with zero attached hydrogens (tertiary/aromatic N) is 3. The van der Waals surface area contributed by atoms with E-state index < -0.39 is 11.6 Å². The number of para-hydroxylation sites is 1. The highest BCUT2D eigenvalue weighted by atomic mass is 35.5. The van der Waals surface area contributed by atoms with Gasteiger partial charge in [0.15, 0.2) is 0 Å². The number of hydrazine groups is 1. The molecule has 0 bridgehead atoms. The third-order valence-corrected chi connectivity index (χ3v) is 6.87. The monoisotopic (exact) mass is 569 g/mol. The van der Waals surface area contributed by atoms with Crippen molar-refractivity contribution in [3.05, 3.63) is 87.2 Å². The molecule has 2 atom stereocenters. The van der Waals surface area contributed by atoms with Crippen molar-refractivity contribution in [2.75, 3.05) is 10.3 Å². The zero-order valence-corrected chi connectivity index (χ0v) is 22.7. The third-order valence-electron chi connectivity index (χ3n) is 6.54. The first-order valence-corrected chi connectivity index (χ1v) is 13.1. The van der Waals surface area contributed by atoms with Crippen LogP contribution < -0.4 is 32.8 Å². The number of amides is 2. The quantitative estimate of drug-likeness (QED) is 0.212. The van der Waals surface area contributed by atoms with Crippen molar-refractivity contribution in [3.63, 3.8) is 0 Å². The highest BCUT2D eigenvalue weighted by Gasteiger charge is 2.25. The summed E-state index contributed by atoms with van der Waals surface area (Å²) in [5.74, 6) is 5.40. The molecule has 2 heterocycles. The van der Waals surface area contributed by atoms with E-state index in [1.54, 1.807) is 24.3 Å². The molecule has 0 radical (unpaired) electrons. The molecule has 1 aliphatic rings. The highest BCUT2D eigenvalue weighted by molar-refractivity contribution is 6.31. The summed E-state index contributed by atoms with van der Waals surface area (Å²) < 4.78 is 1.31. The molecule has 1 aliphatic heterocycles. The molecule has 39 heavy (non-hydrogen) atoms. The van der Waals surface area contributed by atoms with Gasteiger partial charge in [-0.2, -0.15) is 0 Å². The van der Waals surface area contributed by atoms with Crippen LogP contribution in [-0.4, -0.2) is 21.4 Å². The first-order chi connectivity index (χ1) is 18.6. The molecule has 0 spiro atoms. The van der Waals surface area contributed by atoms with Gasteiger partial charge in [0.25, 0.3) is 5.56 Å². The van der Waals surface area contributed by atoms with Gasteiger partial charge in [-0.3, -0.25) is 24.0 Å². The van der Waals surface area contributed by atoms with E-state index in [-0.39, 0.29) is 29.4 Å². The Hall–Kier alpha value is -3.86. The zero-order valence-electron chi connectivity index (χ0n) is 21.2. The lowest BCUT2D eigenvalue weighted by Gasteiger charge is -2.23. The first kappa shape index (κ1) is 28.2. The van der Waals surface area contributed by atoms with Gasteiger partial charge >= 0.3 is 0 Å². The number of benzene rings is 2. The molecule has 0 fully saturated rings.